The van der Waals surface area contributed by atoms with Crippen molar-refractivity contribution in [1.29, 1.82) is 0 Å². The van der Waals surface area contributed by atoms with Gasteiger partial charge in [0.25, 0.3) is 0 Å². The number of phosphoric acid groups is 1. The molecule has 0 aromatic carbocycles. The Balaban J connectivity index is 4.08. The molecule has 55 heavy (non-hydrogen) atoms. The van der Waals surface area contributed by atoms with E-state index in [1.54, 1.807) is 0 Å². The molecule has 2 unspecified atom stereocenters. The van der Waals surface area contributed by atoms with Crippen LogP contribution in [0.4, 0.5) is 0 Å². The van der Waals surface area contributed by atoms with Gasteiger partial charge in [-0.1, -0.05) is 193 Å². The maximum atomic E-state index is 12.6. The van der Waals surface area contributed by atoms with Crippen LogP contribution < -0.4 is 5.73 Å². The number of phosphoric ester groups is 1. The third kappa shape index (κ3) is 42.2. The standard InChI is InChI=1S/C45H88NO8P/c1-3-5-7-9-11-13-15-17-19-21-22-24-25-27-29-31-33-35-37-44(47)51-41-43(42-53-55(49,50)52-40-39-46)54-45(48)38-36-34-32-30-28-26-23-20-18-16-14-12-10-8-6-4-2/h20,23,43H,3-19,21-22,24-42,46H2,1-2H3,(H,49,50)/b23-20-. The first-order valence-electron chi connectivity index (χ1n) is 23.2. The van der Waals surface area contributed by atoms with Gasteiger partial charge in [-0.05, 0) is 38.5 Å². The summed E-state index contributed by atoms with van der Waals surface area (Å²) < 4.78 is 32.8. The number of unbranched alkanes of at least 4 members (excludes halogenated alkanes) is 29. The van der Waals surface area contributed by atoms with E-state index in [9.17, 15) is 19.0 Å². The largest absolute Gasteiger partial charge is 0.472 e. The van der Waals surface area contributed by atoms with E-state index in [0.717, 1.165) is 51.4 Å². The van der Waals surface area contributed by atoms with Crippen molar-refractivity contribution in [3.63, 3.8) is 0 Å². The Kier molecular flexibility index (Phi) is 41.4. The highest BCUT2D eigenvalue weighted by Crippen LogP contribution is 2.43. The molecule has 0 aromatic heterocycles. The van der Waals surface area contributed by atoms with Crippen LogP contribution in [-0.4, -0.2) is 49.3 Å². The molecule has 0 aliphatic rings. The fourth-order valence-electron chi connectivity index (χ4n) is 6.69. The quantitative estimate of drug-likeness (QED) is 0.0267. The highest BCUT2D eigenvalue weighted by atomic mass is 31.2. The van der Waals surface area contributed by atoms with Crippen molar-refractivity contribution in [2.75, 3.05) is 26.4 Å². The van der Waals surface area contributed by atoms with Crippen LogP contribution in [-0.2, 0) is 32.7 Å². The Morgan fingerprint density at radius 3 is 1.29 bits per heavy atom. The van der Waals surface area contributed by atoms with Gasteiger partial charge in [0.2, 0.25) is 0 Å². The van der Waals surface area contributed by atoms with E-state index in [1.165, 1.54) is 148 Å². The number of esters is 2. The third-order valence-corrected chi connectivity index (χ3v) is 11.1. The van der Waals surface area contributed by atoms with Crippen LogP contribution in [0.5, 0.6) is 0 Å². The summed E-state index contributed by atoms with van der Waals surface area (Å²) >= 11 is 0. The molecule has 0 heterocycles. The van der Waals surface area contributed by atoms with Gasteiger partial charge in [-0.25, -0.2) is 4.57 Å². The van der Waals surface area contributed by atoms with Crippen LogP contribution >= 0.6 is 7.82 Å². The van der Waals surface area contributed by atoms with E-state index in [2.05, 4.69) is 26.0 Å². The normalized spacial score (nSPS) is 13.3. The molecule has 2 atom stereocenters. The molecular formula is C45H88NO8P. The number of nitrogens with two attached hydrogens (primary N) is 1. The first-order chi connectivity index (χ1) is 26.8. The minimum absolute atomic E-state index is 0.0549. The van der Waals surface area contributed by atoms with Crippen LogP contribution in [0, 0.1) is 0 Å². The smallest absolute Gasteiger partial charge is 0.462 e. The zero-order valence-electron chi connectivity index (χ0n) is 35.9. The second-order valence-corrected chi connectivity index (χ2v) is 17.1. The van der Waals surface area contributed by atoms with E-state index >= 15 is 0 Å². The van der Waals surface area contributed by atoms with Crippen molar-refractivity contribution >= 4 is 19.8 Å². The van der Waals surface area contributed by atoms with E-state index in [1.807, 2.05) is 0 Å². The van der Waals surface area contributed by atoms with Crippen molar-refractivity contribution in [2.45, 2.75) is 238 Å². The Hall–Kier alpha value is -1.25. The zero-order chi connectivity index (χ0) is 40.3. The SMILES string of the molecule is CCCCCCCCC/C=C\CCCCCCCC(=O)OC(COC(=O)CCCCCCCCCCCCCCCCCCCC)COP(=O)(O)OCCN. The second-order valence-electron chi connectivity index (χ2n) is 15.6. The minimum atomic E-state index is -4.37. The molecule has 326 valence electrons. The number of ether oxygens (including phenoxy) is 2. The monoisotopic (exact) mass is 802 g/mol. The third-order valence-electron chi connectivity index (χ3n) is 10.2. The van der Waals surface area contributed by atoms with Crippen molar-refractivity contribution in [3.8, 4) is 0 Å². The molecule has 9 nitrogen and oxygen atoms in total. The molecule has 0 saturated carbocycles. The zero-order valence-corrected chi connectivity index (χ0v) is 36.8. The molecule has 0 rings (SSSR count). The molecule has 0 radical (unpaired) electrons. The predicted molar refractivity (Wildman–Crippen MR) is 229 cm³/mol. The number of carbonyl (C=O) groups excluding carboxylic acids is 2. The number of hydrogen-bond acceptors (Lipinski definition) is 8. The van der Waals surface area contributed by atoms with Crippen LogP contribution in [0.15, 0.2) is 12.2 Å². The van der Waals surface area contributed by atoms with Crippen LogP contribution in [0.3, 0.4) is 0 Å². The van der Waals surface area contributed by atoms with E-state index < -0.39 is 26.5 Å². The molecule has 0 spiro atoms. The summed E-state index contributed by atoms with van der Waals surface area (Å²) in [5.41, 5.74) is 5.35. The Bertz CT molecular complexity index is 917. The fraction of sp³-hybridized carbons (Fsp3) is 0.911. The summed E-state index contributed by atoms with van der Waals surface area (Å²) in [4.78, 5) is 34.9. The summed E-state index contributed by atoms with van der Waals surface area (Å²) in [6, 6.07) is 0. The summed E-state index contributed by atoms with van der Waals surface area (Å²) in [6.45, 7) is 3.76. The van der Waals surface area contributed by atoms with E-state index in [4.69, 9.17) is 24.3 Å². The van der Waals surface area contributed by atoms with Gasteiger partial charge < -0.3 is 20.1 Å². The van der Waals surface area contributed by atoms with Crippen molar-refractivity contribution in [3.05, 3.63) is 12.2 Å². The molecule has 10 heteroatoms. The predicted octanol–water partition coefficient (Wildman–Crippen LogP) is 13.4. The fourth-order valence-corrected chi connectivity index (χ4v) is 7.45. The maximum Gasteiger partial charge on any atom is 0.472 e. The van der Waals surface area contributed by atoms with Gasteiger partial charge in [0.15, 0.2) is 6.10 Å². The molecule has 0 fully saturated rings. The Labute approximate surface area is 339 Å². The number of hydrogen-bond donors (Lipinski definition) is 2. The van der Waals surface area contributed by atoms with E-state index in [0.29, 0.717) is 6.42 Å². The summed E-state index contributed by atoms with van der Waals surface area (Å²) in [7, 11) is -4.37. The van der Waals surface area contributed by atoms with E-state index in [-0.39, 0.29) is 38.6 Å². The summed E-state index contributed by atoms with van der Waals surface area (Å²) in [6.07, 6.45) is 43.8. The minimum Gasteiger partial charge on any atom is -0.462 e. The molecule has 0 aromatic rings. The Morgan fingerprint density at radius 1 is 0.527 bits per heavy atom. The van der Waals surface area contributed by atoms with Gasteiger partial charge in [-0.15, -0.1) is 0 Å². The summed E-state index contributed by atoms with van der Waals surface area (Å²) in [5.74, 6) is -0.825. The highest BCUT2D eigenvalue weighted by molar-refractivity contribution is 7.47. The summed E-state index contributed by atoms with van der Waals surface area (Å²) in [5, 5.41) is 0. The lowest BCUT2D eigenvalue weighted by atomic mass is 10.0. The van der Waals surface area contributed by atoms with Gasteiger partial charge in [0.05, 0.1) is 13.2 Å². The number of allylic oxidation sites excluding steroid dienone is 2. The number of rotatable bonds is 44. The van der Waals surface area contributed by atoms with Crippen LogP contribution in [0.2, 0.25) is 0 Å². The van der Waals surface area contributed by atoms with Crippen molar-refractivity contribution in [1.82, 2.24) is 0 Å². The molecule has 0 saturated heterocycles. The lowest BCUT2D eigenvalue weighted by molar-refractivity contribution is -0.161. The first kappa shape index (κ1) is 53.8. The molecule has 0 amide bonds. The number of carbonyl (C=O) groups is 2. The molecule has 0 aliphatic carbocycles. The van der Waals surface area contributed by atoms with Crippen molar-refractivity contribution < 1.29 is 37.6 Å². The van der Waals surface area contributed by atoms with Crippen LogP contribution in [0.25, 0.3) is 0 Å². The molecule has 0 aliphatic heterocycles. The molecule has 0 bridgehead atoms. The average Bonchev–Trinajstić information content (AvgIpc) is 3.17. The van der Waals surface area contributed by atoms with Gasteiger partial charge in [-0.2, -0.15) is 0 Å². The maximum absolute atomic E-state index is 12.6. The van der Waals surface area contributed by atoms with Gasteiger partial charge in [-0.3, -0.25) is 18.6 Å². The van der Waals surface area contributed by atoms with Gasteiger partial charge >= 0.3 is 19.8 Å². The first-order valence-corrected chi connectivity index (χ1v) is 24.7. The average molecular weight is 802 g/mol. The van der Waals surface area contributed by atoms with Gasteiger partial charge in [0, 0.05) is 19.4 Å². The highest BCUT2D eigenvalue weighted by Gasteiger charge is 2.26. The lowest BCUT2D eigenvalue weighted by Gasteiger charge is -2.19. The molecular weight excluding hydrogens is 713 g/mol. The van der Waals surface area contributed by atoms with Crippen molar-refractivity contribution in [2.24, 2.45) is 5.73 Å². The Morgan fingerprint density at radius 2 is 0.891 bits per heavy atom. The second kappa shape index (κ2) is 42.4. The van der Waals surface area contributed by atoms with Crippen LogP contribution in [0.1, 0.15) is 232 Å². The topological polar surface area (TPSA) is 134 Å². The van der Waals surface area contributed by atoms with Gasteiger partial charge in [0.1, 0.15) is 6.61 Å². The molecule has 3 N–H and O–H groups in total. The lowest BCUT2D eigenvalue weighted by Crippen LogP contribution is -2.29.